The van der Waals surface area contributed by atoms with E-state index in [-0.39, 0.29) is 18.4 Å². The molecule has 5 heteroatoms. The summed E-state index contributed by atoms with van der Waals surface area (Å²) in [6.07, 6.45) is 1.24. The molecule has 0 spiro atoms. The second-order valence-corrected chi connectivity index (χ2v) is 7.99. The van der Waals surface area contributed by atoms with Crippen molar-refractivity contribution in [2.24, 2.45) is 5.92 Å². The molecule has 0 aromatic heterocycles. The highest BCUT2D eigenvalue weighted by Gasteiger charge is 2.28. The Bertz CT molecular complexity index is 788. The van der Waals surface area contributed by atoms with E-state index < -0.39 is 6.04 Å². The number of aryl methyl sites for hydroxylation is 1. The molecule has 2 rings (SSSR count). The van der Waals surface area contributed by atoms with E-state index in [0.29, 0.717) is 37.6 Å². The van der Waals surface area contributed by atoms with Gasteiger partial charge in [-0.1, -0.05) is 68.8 Å². The Morgan fingerprint density at radius 2 is 1.70 bits per heavy atom. The van der Waals surface area contributed by atoms with Crippen LogP contribution in [0.1, 0.15) is 38.3 Å². The topological polar surface area (TPSA) is 58.6 Å². The van der Waals surface area contributed by atoms with Gasteiger partial charge in [0.2, 0.25) is 5.91 Å². The zero-order chi connectivity index (χ0) is 21.9. The van der Waals surface area contributed by atoms with Crippen molar-refractivity contribution in [3.63, 3.8) is 0 Å². The summed E-state index contributed by atoms with van der Waals surface area (Å²) in [6, 6.07) is 17.1. The molecule has 0 saturated heterocycles. The number of benzene rings is 2. The van der Waals surface area contributed by atoms with Crippen LogP contribution in [0.2, 0.25) is 0 Å². The van der Waals surface area contributed by atoms with Crippen LogP contribution in [0.15, 0.2) is 54.6 Å². The lowest BCUT2D eigenvalue weighted by molar-refractivity contribution is -0.142. The van der Waals surface area contributed by atoms with Gasteiger partial charge in [0, 0.05) is 13.1 Å². The molecule has 1 atom stereocenters. The fourth-order valence-corrected chi connectivity index (χ4v) is 3.18. The van der Waals surface area contributed by atoms with Crippen LogP contribution >= 0.6 is 0 Å². The number of hydrogen-bond donors (Lipinski definition) is 1. The molecule has 0 radical (unpaired) electrons. The minimum atomic E-state index is -0.512. The summed E-state index contributed by atoms with van der Waals surface area (Å²) in [7, 11) is 0. The summed E-state index contributed by atoms with van der Waals surface area (Å²) < 4.78 is 5.71. The van der Waals surface area contributed by atoms with Crippen molar-refractivity contribution < 1.29 is 14.3 Å². The van der Waals surface area contributed by atoms with Gasteiger partial charge in [-0.2, -0.15) is 0 Å². The van der Waals surface area contributed by atoms with Crippen molar-refractivity contribution in [2.45, 2.75) is 46.6 Å². The van der Waals surface area contributed by atoms with Crippen LogP contribution in [0.5, 0.6) is 5.75 Å². The second kappa shape index (κ2) is 12.0. The maximum Gasteiger partial charge on any atom is 0.261 e. The highest BCUT2D eigenvalue weighted by atomic mass is 16.5. The van der Waals surface area contributed by atoms with Crippen LogP contribution in [0.3, 0.4) is 0 Å². The molecule has 0 saturated carbocycles. The normalized spacial score (nSPS) is 11.8. The molecule has 2 amide bonds. The first-order valence-electron chi connectivity index (χ1n) is 10.7. The molecule has 1 N–H and O–H groups in total. The zero-order valence-corrected chi connectivity index (χ0v) is 18.6. The molecule has 0 heterocycles. The van der Waals surface area contributed by atoms with Crippen molar-refractivity contribution in [1.82, 2.24) is 10.2 Å². The number of nitrogens with zero attached hydrogens (tertiary/aromatic N) is 1. The van der Waals surface area contributed by atoms with Crippen molar-refractivity contribution >= 4 is 11.8 Å². The average molecular weight is 411 g/mol. The minimum absolute atomic E-state index is 0.0915. The van der Waals surface area contributed by atoms with E-state index in [1.54, 1.807) is 4.90 Å². The number of rotatable bonds is 11. The van der Waals surface area contributed by atoms with Gasteiger partial charge in [0.1, 0.15) is 11.8 Å². The van der Waals surface area contributed by atoms with E-state index in [9.17, 15) is 9.59 Å². The van der Waals surface area contributed by atoms with Gasteiger partial charge in [0.25, 0.3) is 5.91 Å². The molecule has 30 heavy (non-hydrogen) atoms. The smallest absolute Gasteiger partial charge is 0.261 e. The lowest BCUT2D eigenvalue weighted by atomic mass is 10.1. The monoisotopic (exact) mass is 410 g/mol. The summed E-state index contributed by atoms with van der Waals surface area (Å²) in [5, 5.41) is 2.97. The van der Waals surface area contributed by atoms with E-state index in [0.717, 1.165) is 11.1 Å². The van der Waals surface area contributed by atoms with Crippen LogP contribution in [0, 0.1) is 12.8 Å². The zero-order valence-electron chi connectivity index (χ0n) is 18.6. The first kappa shape index (κ1) is 23.5. The average Bonchev–Trinajstić information content (AvgIpc) is 2.75. The molecule has 2 aromatic rings. The molecule has 0 bridgehead atoms. The predicted octanol–water partition coefficient (Wildman–Crippen LogP) is 4.00. The molecule has 2 aromatic carbocycles. The van der Waals surface area contributed by atoms with Gasteiger partial charge >= 0.3 is 0 Å². The quantitative estimate of drug-likeness (QED) is 0.609. The van der Waals surface area contributed by atoms with Crippen LogP contribution in [-0.4, -0.2) is 42.5 Å². The Labute approximate surface area is 180 Å². The molecule has 5 nitrogen and oxygen atoms in total. The predicted molar refractivity (Wildman–Crippen MR) is 120 cm³/mol. The number of amides is 2. The number of carbonyl (C=O) groups is 2. The molecule has 0 aliphatic rings. The third-order valence-corrected chi connectivity index (χ3v) is 4.94. The minimum Gasteiger partial charge on any atom is -0.484 e. The van der Waals surface area contributed by atoms with Gasteiger partial charge in [0.05, 0.1) is 0 Å². The van der Waals surface area contributed by atoms with Crippen molar-refractivity contribution in [2.75, 3.05) is 19.7 Å². The molecule has 0 aliphatic carbocycles. The first-order chi connectivity index (χ1) is 14.4. The van der Waals surface area contributed by atoms with Crippen molar-refractivity contribution in [3.8, 4) is 5.75 Å². The van der Waals surface area contributed by atoms with Gasteiger partial charge in [-0.3, -0.25) is 9.59 Å². The molecule has 162 valence electrons. The van der Waals surface area contributed by atoms with Crippen LogP contribution in [0.25, 0.3) is 0 Å². The van der Waals surface area contributed by atoms with Gasteiger partial charge in [-0.15, -0.1) is 0 Å². The SMILES string of the molecule is CC[C@H](C(=O)NCC(C)C)N(CCc1ccccc1)C(=O)COc1ccc(C)cc1. The molecular weight excluding hydrogens is 376 g/mol. The Morgan fingerprint density at radius 1 is 1.03 bits per heavy atom. The van der Waals surface area contributed by atoms with Crippen LogP contribution in [-0.2, 0) is 16.0 Å². The fourth-order valence-electron chi connectivity index (χ4n) is 3.18. The fraction of sp³-hybridized carbons (Fsp3) is 0.440. The van der Waals surface area contributed by atoms with E-state index in [1.165, 1.54) is 0 Å². The Kier molecular flexibility index (Phi) is 9.39. The highest BCUT2D eigenvalue weighted by Crippen LogP contribution is 2.13. The third-order valence-electron chi connectivity index (χ3n) is 4.94. The summed E-state index contributed by atoms with van der Waals surface area (Å²) in [6.45, 7) is 9.00. The second-order valence-electron chi connectivity index (χ2n) is 7.99. The van der Waals surface area contributed by atoms with E-state index in [4.69, 9.17) is 4.74 Å². The van der Waals surface area contributed by atoms with Gasteiger partial charge in [-0.05, 0) is 43.4 Å². The molecular formula is C25H34N2O3. The van der Waals surface area contributed by atoms with E-state index >= 15 is 0 Å². The van der Waals surface area contributed by atoms with Crippen LogP contribution in [0.4, 0.5) is 0 Å². The van der Waals surface area contributed by atoms with Gasteiger partial charge in [0.15, 0.2) is 6.61 Å². The standard InChI is InChI=1S/C25H34N2O3/c1-5-23(25(29)26-17-19(2)3)27(16-15-21-9-7-6-8-10-21)24(28)18-30-22-13-11-20(4)12-14-22/h6-14,19,23H,5,15-18H2,1-4H3,(H,26,29)/t23-/m1/s1. The molecule has 0 unspecified atom stereocenters. The van der Waals surface area contributed by atoms with Crippen LogP contribution < -0.4 is 10.1 Å². The number of nitrogens with one attached hydrogen (secondary N) is 1. The molecule has 0 aliphatic heterocycles. The number of carbonyl (C=O) groups excluding carboxylic acids is 2. The maximum absolute atomic E-state index is 13.1. The lowest BCUT2D eigenvalue weighted by Crippen LogP contribution is -2.51. The Morgan fingerprint density at radius 3 is 2.30 bits per heavy atom. The Hall–Kier alpha value is -2.82. The summed E-state index contributed by atoms with van der Waals surface area (Å²) in [4.78, 5) is 27.5. The lowest BCUT2D eigenvalue weighted by Gasteiger charge is -2.30. The summed E-state index contributed by atoms with van der Waals surface area (Å²) >= 11 is 0. The highest BCUT2D eigenvalue weighted by molar-refractivity contribution is 5.88. The first-order valence-corrected chi connectivity index (χ1v) is 10.7. The maximum atomic E-state index is 13.1. The number of hydrogen-bond acceptors (Lipinski definition) is 3. The summed E-state index contributed by atoms with van der Waals surface area (Å²) in [5.41, 5.74) is 2.26. The van der Waals surface area contributed by atoms with E-state index in [1.807, 2.05) is 68.4 Å². The number of ether oxygens (including phenoxy) is 1. The van der Waals surface area contributed by atoms with E-state index in [2.05, 4.69) is 19.2 Å². The van der Waals surface area contributed by atoms with Crippen molar-refractivity contribution in [3.05, 3.63) is 65.7 Å². The summed E-state index contributed by atoms with van der Waals surface area (Å²) in [5.74, 6) is 0.708. The molecule has 0 fully saturated rings. The van der Waals surface area contributed by atoms with Gasteiger partial charge < -0.3 is 15.0 Å². The van der Waals surface area contributed by atoms with Crippen molar-refractivity contribution in [1.29, 1.82) is 0 Å². The Balaban J connectivity index is 2.09. The largest absolute Gasteiger partial charge is 0.484 e. The third kappa shape index (κ3) is 7.54. The van der Waals surface area contributed by atoms with Gasteiger partial charge in [-0.25, -0.2) is 0 Å².